The van der Waals surface area contributed by atoms with Gasteiger partial charge >= 0.3 is 6.01 Å². The highest BCUT2D eigenvalue weighted by Crippen LogP contribution is 2.54. The number of phenolic OH excluding ortho intramolecular Hbond substituents is 1. The van der Waals surface area contributed by atoms with Crippen molar-refractivity contribution in [3.8, 4) is 23.0 Å². The van der Waals surface area contributed by atoms with E-state index in [2.05, 4.69) is 44.1 Å². The summed E-state index contributed by atoms with van der Waals surface area (Å²) in [6.07, 6.45) is 13.8. The topological polar surface area (TPSA) is 144 Å². The number of fused-ring (bicyclic) bond motifs is 2. The Morgan fingerprint density at radius 1 is 0.865 bits per heavy atom. The Morgan fingerprint density at radius 2 is 1.68 bits per heavy atom. The number of carbonyl (C=O) groups is 3. The average Bonchev–Trinajstić information content (AvgIpc) is 4.10. The van der Waals surface area contributed by atoms with Crippen LogP contribution >= 0.6 is 0 Å². The number of aromatic hydroxyl groups is 1. The maximum atomic E-state index is 17.2. The van der Waals surface area contributed by atoms with Crippen molar-refractivity contribution in [1.29, 1.82) is 0 Å². The molecule has 74 heavy (non-hydrogen) atoms. The number of amides is 3. The van der Waals surface area contributed by atoms with E-state index in [0.29, 0.717) is 81.4 Å². The van der Waals surface area contributed by atoms with E-state index in [-0.39, 0.29) is 52.4 Å². The van der Waals surface area contributed by atoms with Gasteiger partial charge in [-0.05, 0) is 178 Å². The number of likely N-dealkylation sites (tertiary alicyclic amines) is 2. The van der Waals surface area contributed by atoms with E-state index in [1.54, 1.807) is 23.2 Å². The van der Waals surface area contributed by atoms with E-state index in [4.69, 9.17) is 14.7 Å². The lowest BCUT2D eigenvalue weighted by Gasteiger charge is -2.56. The van der Waals surface area contributed by atoms with Crippen LogP contribution in [0.3, 0.4) is 0 Å². The van der Waals surface area contributed by atoms with E-state index >= 15 is 8.78 Å². The Hall–Kier alpha value is -6.32. The Bertz CT molecular complexity index is 3280. The Kier molecular flexibility index (Phi) is 11.7. The van der Waals surface area contributed by atoms with Crippen LogP contribution in [-0.4, -0.2) is 112 Å². The summed E-state index contributed by atoms with van der Waals surface area (Å²) in [5.41, 5.74) is 3.95. The molecule has 384 valence electrons. The highest BCUT2D eigenvalue weighted by molar-refractivity contribution is 6.27. The van der Waals surface area contributed by atoms with Crippen LogP contribution in [0, 0.1) is 28.4 Å². The number of rotatable bonds is 11. The molecule has 5 aliphatic heterocycles. The van der Waals surface area contributed by atoms with Crippen LogP contribution in [0.15, 0.2) is 60.8 Å². The highest BCUT2D eigenvalue weighted by Gasteiger charge is 2.51. The van der Waals surface area contributed by atoms with Gasteiger partial charge in [0.25, 0.3) is 5.91 Å². The zero-order valence-corrected chi connectivity index (χ0v) is 42.4. The van der Waals surface area contributed by atoms with E-state index in [0.717, 1.165) is 101 Å². The molecule has 13 rings (SSSR count). The zero-order chi connectivity index (χ0) is 50.6. The van der Waals surface area contributed by atoms with Crippen molar-refractivity contribution in [2.24, 2.45) is 16.7 Å². The first-order valence-corrected chi connectivity index (χ1v) is 27.2. The van der Waals surface area contributed by atoms with Gasteiger partial charge in [-0.1, -0.05) is 38.1 Å². The second-order valence-corrected chi connectivity index (χ2v) is 23.2. The summed E-state index contributed by atoms with van der Waals surface area (Å²) in [5.74, 6) is -0.503. The van der Waals surface area contributed by atoms with Gasteiger partial charge in [-0.25, -0.2) is 8.78 Å². The van der Waals surface area contributed by atoms with Crippen molar-refractivity contribution in [2.75, 3.05) is 62.2 Å². The number of halogens is 2. The van der Waals surface area contributed by atoms with Crippen molar-refractivity contribution in [1.82, 2.24) is 30.1 Å². The molecule has 0 radical (unpaired) electrons. The number of nitrogens with zero attached hydrogens (tertiary/aromatic N) is 7. The summed E-state index contributed by atoms with van der Waals surface area (Å²) < 4.78 is 38.9. The van der Waals surface area contributed by atoms with Gasteiger partial charge in [0.15, 0.2) is 5.82 Å². The van der Waals surface area contributed by atoms with Crippen molar-refractivity contribution in [3.05, 3.63) is 89.1 Å². The molecule has 6 fully saturated rings. The normalized spacial score (nSPS) is 23.3. The zero-order valence-electron chi connectivity index (χ0n) is 42.4. The predicted molar refractivity (Wildman–Crippen MR) is 281 cm³/mol. The minimum atomic E-state index is -0.686. The number of anilines is 2. The molecule has 1 unspecified atom stereocenters. The Labute approximate surface area is 429 Å². The molecule has 2 aromatic heterocycles. The third-order valence-corrected chi connectivity index (χ3v) is 18.4. The number of aromatic nitrogens is 3. The molecule has 2 aliphatic carbocycles. The molecule has 7 aliphatic rings. The van der Waals surface area contributed by atoms with Gasteiger partial charge < -0.3 is 24.5 Å². The average molecular weight is 1000 g/mol. The number of carbonyl (C=O) groups excluding carboxylic acids is 3. The van der Waals surface area contributed by atoms with E-state index in [1.165, 1.54) is 43.4 Å². The van der Waals surface area contributed by atoms with Gasteiger partial charge in [0.2, 0.25) is 11.8 Å². The monoisotopic (exact) mass is 1000 g/mol. The van der Waals surface area contributed by atoms with Gasteiger partial charge in [0.05, 0.1) is 17.7 Å². The number of imide groups is 1. The van der Waals surface area contributed by atoms with Gasteiger partial charge in [0, 0.05) is 60.2 Å². The fourth-order valence-electron chi connectivity index (χ4n) is 14.1. The first kappa shape index (κ1) is 47.4. The number of pyridine rings is 1. The minimum Gasteiger partial charge on any atom is -0.508 e. The third kappa shape index (κ3) is 8.14. The molecular formula is C59H64F2N8O5. The quantitative estimate of drug-likeness (QED) is 0.120. The van der Waals surface area contributed by atoms with Crippen LogP contribution in [-0.2, 0) is 16.0 Å². The van der Waals surface area contributed by atoms with Gasteiger partial charge in [0.1, 0.15) is 34.6 Å². The van der Waals surface area contributed by atoms with Crippen LogP contribution in [0.2, 0.25) is 0 Å². The van der Waals surface area contributed by atoms with Gasteiger partial charge in [-0.15, -0.1) is 0 Å². The fraction of sp³-hybridized carbons (Fsp3) is 0.492. The SMILES string of the molecule is CCc1c(F)ccc2cc(O)cc(-c3ncc4c(N5CCC[C@H](C)C5)nc(OCC5(CN6CCC7(CC6)CC(N6CCC(c8ccc9c%10c(cccc8%10)C(=O)N9C8CCC(=O)NC8=O)CC6)C7)CC5)nc4c3F)c12. The van der Waals surface area contributed by atoms with Crippen LogP contribution in [0.4, 0.5) is 20.3 Å². The van der Waals surface area contributed by atoms with E-state index in [1.807, 2.05) is 25.1 Å². The van der Waals surface area contributed by atoms with Crippen LogP contribution in [0.25, 0.3) is 43.7 Å². The van der Waals surface area contributed by atoms with Gasteiger partial charge in [-0.2, -0.15) is 9.97 Å². The summed E-state index contributed by atoms with van der Waals surface area (Å²) in [7, 11) is 0. The first-order valence-electron chi connectivity index (χ1n) is 27.2. The maximum Gasteiger partial charge on any atom is 0.319 e. The maximum absolute atomic E-state index is 17.2. The summed E-state index contributed by atoms with van der Waals surface area (Å²) in [6, 6.07) is 16.3. The van der Waals surface area contributed by atoms with Crippen molar-refractivity contribution < 1.29 is 33.0 Å². The number of ether oxygens (including phenoxy) is 1. The van der Waals surface area contributed by atoms with E-state index < -0.39 is 17.8 Å². The summed E-state index contributed by atoms with van der Waals surface area (Å²) in [5, 5.41) is 16.9. The predicted octanol–water partition coefficient (Wildman–Crippen LogP) is 9.83. The summed E-state index contributed by atoms with van der Waals surface area (Å²) in [6.45, 7) is 11.3. The fourth-order valence-corrected chi connectivity index (χ4v) is 14.1. The minimum absolute atomic E-state index is 0.00119. The first-order chi connectivity index (χ1) is 35.9. The standard InChI is InChI=1S/C59H64F2N8O5/c1-3-39-45(60)11-9-36-26-38(70)27-43(49(36)39)52-51(61)53-44(30-62-52)54(68-21-5-6-34(2)31-68)65-57(64-53)74-33-59(17-18-59)32-66-24-19-58(20-25-66)28-37(29-58)67-22-15-35(16-23-67)40-10-12-46-50-41(40)7-4-8-42(50)56(73)69(46)47-13-14-48(71)63-55(47)72/h4,7-12,26-27,30,34-35,37,47,70H,3,5-6,13-25,28-29,31-33H2,1-2H3,(H,63,71,72)/t34-,47?/m0/s1. The highest BCUT2D eigenvalue weighted by atomic mass is 19.1. The smallest absolute Gasteiger partial charge is 0.319 e. The second kappa shape index (κ2) is 18.2. The molecule has 13 nitrogen and oxygen atoms in total. The molecule has 15 heteroatoms. The molecule has 2 saturated carbocycles. The molecular weight excluding hydrogens is 939 g/mol. The lowest BCUT2D eigenvalue weighted by Crippen LogP contribution is -2.56. The lowest BCUT2D eigenvalue weighted by atomic mass is 9.59. The molecule has 0 bridgehead atoms. The molecule has 7 heterocycles. The van der Waals surface area contributed by atoms with Crippen LogP contribution < -0.4 is 19.9 Å². The van der Waals surface area contributed by atoms with E-state index in [9.17, 15) is 19.5 Å². The number of piperidine rings is 4. The third-order valence-electron chi connectivity index (χ3n) is 18.4. The van der Waals surface area contributed by atoms with Crippen LogP contribution in [0.5, 0.6) is 11.8 Å². The molecule has 2 atom stereocenters. The lowest BCUT2D eigenvalue weighted by molar-refractivity contribution is -0.134. The number of nitrogens with one attached hydrogen (secondary N) is 1. The molecule has 4 aromatic carbocycles. The molecule has 1 spiro atoms. The number of benzene rings is 4. The summed E-state index contributed by atoms with van der Waals surface area (Å²) >= 11 is 0. The van der Waals surface area contributed by atoms with Crippen LogP contribution in [0.1, 0.15) is 118 Å². The number of hydrogen-bond acceptors (Lipinski definition) is 11. The van der Waals surface area contributed by atoms with Crippen molar-refractivity contribution in [2.45, 2.75) is 115 Å². The second-order valence-electron chi connectivity index (χ2n) is 23.2. The van der Waals surface area contributed by atoms with Gasteiger partial charge in [-0.3, -0.25) is 29.6 Å². The number of aryl methyl sites for hydroxylation is 1. The molecule has 3 amide bonds. The van der Waals surface area contributed by atoms with Crippen molar-refractivity contribution >= 4 is 61.7 Å². The molecule has 6 aromatic rings. The summed E-state index contributed by atoms with van der Waals surface area (Å²) in [4.78, 5) is 62.1. The number of phenols is 1. The van der Waals surface area contributed by atoms with Crippen molar-refractivity contribution in [3.63, 3.8) is 0 Å². The molecule has 2 N–H and O–H groups in total. The Morgan fingerprint density at radius 3 is 2.43 bits per heavy atom. The Balaban J connectivity index is 0.651. The largest absolute Gasteiger partial charge is 0.508 e. The molecule has 4 saturated heterocycles. The number of hydrogen-bond donors (Lipinski definition) is 2.